The standard InChI is InChI=1S/C20H30N6O/c1-4-18(27)25-8-5-17-19(22-14-21-17)20(25)6-9-24(10-7-20)12-16-11-23-26(13-16)15(2)3/h11,13-15H,4-10,12H2,1-3H3,(H,21,22). The zero-order chi connectivity index (χ0) is 19.0. The fourth-order valence-electron chi connectivity index (χ4n) is 4.62. The van der Waals surface area contributed by atoms with E-state index in [1.165, 1.54) is 11.3 Å². The van der Waals surface area contributed by atoms with Gasteiger partial charge < -0.3 is 9.88 Å². The Bertz CT molecular complexity index is 799. The van der Waals surface area contributed by atoms with Crippen molar-refractivity contribution in [2.24, 2.45) is 0 Å². The molecule has 7 nitrogen and oxygen atoms in total. The van der Waals surface area contributed by atoms with E-state index in [0.717, 1.165) is 51.1 Å². The molecule has 0 atom stereocenters. The minimum atomic E-state index is -0.237. The highest BCUT2D eigenvalue weighted by Crippen LogP contribution is 2.42. The fraction of sp³-hybridized carbons (Fsp3) is 0.650. The lowest BCUT2D eigenvalue weighted by molar-refractivity contribution is -0.141. The SMILES string of the molecule is CCC(=O)N1CCc2[nH]cnc2C12CCN(Cc1cnn(C(C)C)c1)CC2. The van der Waals surface area contributed by atoms with Gasteiger partial charge in [-0.3, -0.25) is 14.4 Å². The summed E-state index contributed by atoms with van der Waals surface area (Å²) in [7, 11) is 0. The van der Waals surface area contributed by atoms with Gasteiger partial charge in [0.05, 0.1) is 23.8 Å². The first kappa shape index (κ1) is 18.2. The van der Waals surface area contributed by atoms with Gasteiger partial charge in [-0.25, -0.2) is 4.98 Å². The van der Waals surface area contributed by atoms with Crippen molar-refractivity contribution in [3.05, 3.63) is 35.7 Å². The number of nitrogens with zero attached hydrogens (tertiary/aromatic N) is 5. The lowest BCUT2D eigenvalue weighted by Crippen LogP contribution is -2.58. The Balaban J connectivity index is 1.51. The summed E-state index contributed by atoms with van der Waals surface area (Å²) in [5.41, 5.74) is 3.33. The van der Waals surface area contributed by atoms with E-state index in [9.17, 15) is 4.79 Å². The number of rotatable bonds is 4. The molecule has 1 saturated heterocycles. The van der Waals surface area contributed by atoms with Crippen LogP contribution in [0.15, 0.2) is 18.7 Å². The Morgan fingerprint density at radius 3 is 2.74 bits per heavy atom. The van der Waals surface area contributed by atoms with Crippen LogP contribution >= 0.6 is 0 Å². The summed E-state index contributed by atoms with van der Waals surface area (Å²) in [6.07, 6.45) is 9.22. The van der Waals surface area contributed by atoms with Crippen molar-refractivity contribution in [1.82, 2.24) is 29.5 Å². The molecule has 7 heteroatoms. The molecule has 0 aliphatic carbocycles. The van der Waals surface area contributed by atoms with Crippen molar-refractivity contribution in [2.75, 3.05) is 19.6 Å². The number of amides is 1. The summed E-state index contributed by atoms with van der Waals surface area (Å²) in [5, 5.41) is 4.46. The van der Waals surface area contributed by atoms with E-state index in [2.05, 4.69) is 44.9 Å². The molecule has 0 saturated carbocycles. The normalized spacial score (nSPS) is 19.6. The van der Waals surface area contributed by atoms with Gasteiger partial charge in [-0.2, -0.15) is 5.10 Å². The van der Waals surface area contributed by atoms with Crippen LogP contribution in [0.25, 0.3) is 0 Å². The average Bonchev–Trinajstić information content (AvgIpc) is 3.33. The van der Waals surface area contributed by atoms with Crippen molar-refractivity contribution >= 4 is 5.91 Å². The molecule has 0 bridgehead atoms. The van der Waals surface area contributed by atoms with Gasteiger partial charge in [-0.1, -0.05) is 6.92 Å². The number of likely N-dealkylation sites (tertiary alicyclic amines) is 1. The summed E-state index contributed by atoms with van der Waals surface area (Å²) in [6.45, 7) is 9.88. The van der Waals surface area contributed by atoms with Crippen molar-refractivity contribution in [3.8, 4) is 0 Å². The van der Waals surface area contributed by atoms with E-state index in [0.29, 0.717) is 12.5 Å². The molecule has 4 rings (SSSR count). The molecule has 0 aromatic carbocycles. The number of fused-ring (bicyclic) bond motifs is 2. The Morgan fingerprint density at radius 2 is 2.07 bits per heavy atom. The number of carbonyl (C=O) groups excluding carboxylic acids is 1. The van der Waals surface area contributed by atoms with Gasteiger partial charge in [0, 0.05) is 62.5 Å². The third kappa shape index (κ3) is 3.18. The molecule has 4 heterocycles. The van der Waals surface area contributed by atoms with Crippen LogP contribution in [0.2, 0.25) is 0 Å². The Hall–Kier alpha value is -2.15. The molecule has 1 amide bonds. The second-order valence-corrected chi connectivity index (χ2v) is 8.11. The lowest BCUT2D eigenvalue weighted by atomic mass is 9.78. The first-order valence-electron chi connectivity index (χ1n) is 10.1. The Labute approximate surface area is 160 Å². The molecular weight excluding hydrogens is 340 g/mol. The number of aromatic amines is 1. The number of nitrogens with one attached hydrogen (secondary N) is 1. The summed E-state index contributed by atoms with van der Waals surface area (Å²) >= 11 is 0. The van der Waals surface area contributed by atoms with Crippen LogP contribution in [0, 0.1) is 0 Å². The number of H-pyrrole nitrogens is 1. The van der Waals surface area contributed by atoms with Crippen LogP contribution in [-0.2, 0) is 23.3 Å². The topological polar surface area (TPSA) is 70.1 Å². The molecule has 2 aromatic rings. The zero-order valence-corrected chi connectivity index (χ0v) is 16.6. The second kappa shape index (κ2) is 7.11. The predicted octanol–water partition coefficient (Wildman–Crippen LogP) is 2.47. The van der Waals surface area contributed by atoms with Gasteiger partial charge in [0.25, 0.3) is 0 Å². The van der Waals surface area contributed by atoms with Gasteiger partial charge in [-0.15, -0.1) is 0 Å². The minimum absolute atomic E-state index is 0.237. The highest BCUT2D eigenvalue weighted by atomic mass is 16.2. The van der Waals surface area contributed by atoms with Crippen LogP contribution in [-0.4, -0.2) is 55.1 Å². The van der Waals surface area contributed by atoms with E-state index in [4.69, 9.17) is 0 Å². The maximum absolute atomic E-state index is 12.7. The lowest BCUT2D eigenvalue weighted by Gasteiger charge is -2.50. The Kier molecular flexibility index (Phi) is 4.80. The van der Waals surface area contributed by atoms with Gasteiger partial charge in [0.15, 0.2) is 0 Å². The zero-order valence-electron chi connectivity index (χ0n) is 16.6. The Morgan fingerprint density at radius 1 is 1.30 bits per heavy atom. The molecule has 2 aromatic heterocycles. The van der Waals surface area contributed by atoms with Gasteiger partial charge in [0.2, 0.25) is 5.91 Å². The van der Waals surface area contributed by atoms with E-state index in [1.54, 1.807) is 6.33 Å². The summed E-state index contributed by atoms with van der Waals surface area (Å²) in [4.78, 5) is 25.2. The summed E-state index contributed by atoms with van der Waals surface area (Å²) < 4.78 is 2.01. The third-order valence-electron chi connectivity index (χ3n) is 6.14. The minimum Gasteiger partial charge on any atom is -0.348 e. The number of imidazole rings is 1. The van der Waals surface area contributed by atoms with Crippen LogP contribution in [0.3, 0.4) is 0 Å². The van der Waals surface area contributed by atoms with Crippen LogP contribution in [0.1, 0.15) is 63.0 Å². The van der Waals surface area contributed by atoms with Crippen molar-refractivity contribution in [1.29, 1.82) is 0 Å². The number of piperidine rings is 1. The molecule has 2 aliphatic rings. The predicted molar refractivity (Wildman–Crippen MR) is 103 cm³/mol. The maximum atomic E-state index is 12.7. The van der Waals surface area contributed by atoms with Gasteiger partial charge >= 0.3 is 0 Å². The molecule has 0 radical (unpaired) electrons. The number of aromatic nitrogens is 4. The average molecular weight is 371 g/mol. The monoisotopic (exact) mass is 370 g/mol. The van der Waals surface area contributed by atoms with Crippen molar-refractivity contribution in [2.45, 2.75) is 64.6 Å². The number of carbonyl (C=O) groups is 1. The molecule has 1 fully saturated rings. The number of hydrogen-bond acceptors (Lipinski definition) is 4. The first-order chi connectivity index (χ1) is 13.0. The van der Waals surface area contributed by atoms with E-state index >= 15 is 0 Å². The van der Waals surface area contributed by atoms with Crippen LogP contribution < -0.4 is 0 Å². The van der Waals surface area contributed by atoms with E-state index < -0.39 is 0 Å². The van der Waals surface area contributed by atoms with E-state index in [-0.39, 0.29) is 11.4 Å². The largest absolute Gasteiger partial charge is 0.348 e. The highest BCUT2D eigenvalue weighted by Gasteiger charge is 2.48. The number of hydrogen-bond donors (Lipinski definition) is 1. The molecule has 1 spiro atoms. The highest BCUT2D eigenvalue weighted by molar-refractivity contribution is 5.77. The fourth-order valence-corrected chi connectivity index (χ4v) is 4.62. The molecule has 0 unspecified atom stereocenters. The van der Waals surface area contributed by atoms with E-state index in [1.807, 2.05) is 17.8 Å². The van der Waals surface area contributed by atoms with Crippen molar-refractivity contribution in [3.63, 3.8) is 0 Å². The van der Waals surface area contributed by atoms with Crippen LogP contribution in [0.5, 0.6) is 0 Å². The maximum Gasteiger partial charge on any atom is 0.223 e. The third-order valence-corrected chi connectivity index (χ3v) is 6.14. The molecule has 1 N–H and O–H groups in total. The molecule has 2 aliphatic heterocycles. The summed E-state index contributed by atoms with van der Waals surface area (Å²) in [6, 6.07) is 0.386. The van der Waals surface area contributed by atoms with Gasteiger partial charge in [-0.05, 0) is 26.7 Å². The van der Waals surface area contributed by atoms with Crippen molar-refractivity contribution < 1.29 is 4.79 Å². The second-order valence-electron chi connectivity index (χ2n) is 8.11. The molecule has 146 valence electrons. The summed E-state index contributed by atoms with van der Waals surface area (Å²) in [5.74, 6) is 0.246. The molecular formula is C20H30N6O. The molecule has 27 heavy (non-hydrogen) atoms. The quantitative estimate of drug-likeness (QED) is 0.898. The first-order valence-corrected chi connectivity index (χ1v) is 10.1. The van der Waals surface area contributed by atoms with Gasteiger partial charge in [0.1, 0.15) is 0 Å². The smallest absolute Gasteiger partial charge is 0.223 e. The van der Waals surface area contributed by atoms with Crippen LogP contribution in [0.4, 0.5) is 0 Å².